The fourth-order valence-corrected chi connectivity index (χ4v) is 5.20. The first-order chi connectivity index (χ1) is 14.2. The first-order valence-electron chi connectivity index (χ1n) is 10.5. The van der Waals surface area contributed by atoms with Crippen LogP contribution in [0.3, 0.4) is 0 Å². The van der Waals surface area contributed by atoms with Crippen LogP contribution in [0.2, 0.25) is 0 Å². The number of hydrogen-bond acceptors (Lipinski definition) is 5. The first-order valence-corrected chi connectivity index (χ1v) is 11.4. The molecule has 1 saturated heterocycles. The molecule has 0 saturated carbocycles. The smallest absolute Gasteiger partial charge is 0.226 e. The van der Waals surface area contributed by atoms with E-state index in [9.17, 15) is 4.79 Å². The third kappa shape index (κ3) is 3.73. The van der Waals surface area contributed by atoms with Crippen molar-refractivity contribution in [2.75, 3.05) is 18.0 Å². The number of hydrogen-bond donors (Lipinski definition) is 1. The van der Waals surface area contributed by atoms with Crippen LogP contribution < -0.4 is 10.2 Å². The van der Waals surface area contributed by atoms with Crippen molar-refractivity contribution in [2.45, 2.75) is 45.6 Å². The van der Waals surface area contributed by atoms with Crippen molar-refractivity contribution in [3.8, 4) is 0 Å². The zero-order chi connectivity index (χ0) is 19.8. The summed E-state index contributed by atoms with van der Waals surface area (Å²) in [5.74, 6) is 1.06. The number of nitrogens with one attached hydrogen (secondary N) is 1. The Hall–Kier alpha value is -2.47. The van der Waals surface area contributed by atoms with Crippen LogP contribution in [0.5, 0.6) is 0 Å². The zero-order valence-electron chi connectivity index (χ0n) is 16.8. The van der Waals surface area contributed by atoms with Crippen molar-refractivity contribution >= 4 is 34.1 Å². The molecule has 0 atom stereocenters. The molecule has 1 fully saturated rings. The average Bonchev–Trinajstić information content (AvgIpc) is 3.42. The van der Waals surface area contributed by atoms with Gasteiger partial charge in [-0.3, -0.25) is 4.79 Å². The molecule has 150 valence electrons. The molecular weight excluding hydrogens is 380 g/mol. The van der Waals surface area contributed by atoms with E-state index in [1.807, 2.05) is 11.4 Å². The molecular formula is C23H26N4OS. The molecule has 6 heteroatoms. The van der Waals surface area contributed by atoms with Gasteiger partial charge in [-0.2, -0.15) is 0 Å². The molecule has 0 radical (unpaired) electrons. The van der Waals surface area contributed by atoms with Gasteiger partial charge in [0.1, 0.15) is 0 Å². The number of rotatable bonds is 4. The molecule has 3 aromatic rings. The summed E-state index contributed by atoms with van der Waals surface area (Å²) in [6.07, 6.45) is 5.28. The normalized spacial score (nSPS) is 16.9. The van der Waals surface area contributed by atoms with Crippen LogP contribution in [-0.2, 0) is 24.2 Å². The van der Waals surface area contributed by atoms with E-state index in [1.54, 1.807) is 11.3 Å². The number of nitrogens with zero attached hydrogens (tertiary/aromatic N) is 3. The van der Waals surface area contributed by atoms with Crippen LogP contribution >= 0.6 is 11.3 Å². The second kappa shape index (κ2) is 7.75. The van der Waals surface area contributed by atoms with Crippen molar-refractivity contribution in [3.63, 3.8) is 0 Å². The Kier molecular flexibility index (Phi) is 4.96. The minimum absolute atomic E-state index is 0.0797. The molecule has 5 nitrogen and oxygen atoms in total. The van der Waals surface area contributed by atoms with Crippen LogP contribution in [0, 0.1) is 12.8 Å². The Morgan fingerprint density at radius 2 is 2.00 bits per heavy atom. The van der Waals surface area contributed by atoms with Gasteiger partial charge in [-0.1, -0.05) is 6.07 Å². The van der Waals surface area contributed by atoms with E-state index in [2.05, 4.69) is 35.3 Å². The fourth-order valence-electron chi connectivity index (χ4n) is 4.55. The Bertz CT molecular complexity index is 1040. The van der Waals surface area contributed by atoms with Crippen molar-refractivity contribution in [2.24, 2.45) is 5.92 Å². The Labute approximate surface area is 175 Å². The second-order valence-electron chi connectivity index (χ2n) is 8.16. The maximum Gasteiger partial charge on any atom is 0.226 e. The molecule has 3 heterocycles. The summed E-state index contributed by atoms with van der Waals surface area (Å²) >= 11 is 1.68. The third-order valence-electron chi connectivity index (χ3n) is 6.25. The quantitative estimate of drug-likeness (QED) is 0.711. The highest BCUT2D eigenvalue weighted by Crippen LogP contribution is 2.30. The lowest BCUT2D eigenvalue weighted by Gasteiger charge is -2.31. The molecule has 1 amide bonds. The Morgan fingerprint density at radius 1 is 1.21 bits per heavy atom. The van der Waals surface area contributed by atoms with Gasteiger partial charge >= 0.3 is 0 Å². The van der Waals surface area contributed by atoms with Gasteiger partial charge in [0.25, 0.3) is 0 Å². The summed E-state index contributed by atoms with van der Waals surface area (Å²) in [5.41, 5.74) is 5.02. The van der Waals surface area contributed by atoms with E-state index < -0.39 is 0 Å². The van der Waals surface area contributed by atoms with Crippen LogP contribution in [0.4, 0.5) is 5.95 Å². The number of aromatic nitrogens is 2. The number of piperidine rings is 1. The van der Waals surface area contributed by atoms with E-state index in [4.69, 9.17) is 9.97 Å². The Morgan fingerprint density at radius 3 is 2.76 bits per heavy atom. The lowest BCUT2D eigenvalue weighted by Crippen LogP contribution is -2.41. The summed E-state index contributed by atoms with van der Waals surface area (Å²) in [5, 5.41) is 6.31. The molecule has 2 aromatic heterocycles. The molecule has 0 unspecified atom stereocenters. The summed E-state index contributed by atoms with van der Waals surface area (Å²) in [6.45, 7) is 4.37. The van der Waals surface area contributed by atoms with E-state index in [1.165, 1.54) is 34.2 Å². The van der Waals surface area contributed by atoms with E-state index in [0.717, 1.165) is 49.5 Å². The van der Waals surface area contributed by atoms with Gasteiger partial charge < -0.3 is 10.2 Å². The van der Waals surface area contributed by atoms with E-state index in [0.29, 0.717) is 6.54 Å². The largest absolute Gasteiger partial charge is 0.351 e. The number of amides is 1. The maximum absolute atomic E-state index is 12.5. The van der Waals surface area contributed by atoms with E-state index >= 15 is 0 Å². The summed E-state index contributed by atoms with van der Waals surface area (Å²) in [7, 11) is 0. The number of carbonyl (C=O) groups is 1. The highest BCUT2D eigenvalue weighted by Gasteiger charge is 2.26. The number of aryl methyl sites for hydroxylation is 3. The van der Waals surface area contributed by atoms with Crippen LogP contribution in [0.1, 0.15) is 41.0 Å². The summed E-state index contributed by atoms with van der Waals surface area (Å²) in [4.78, 5) is 25.7. The van der Waals surface area contributed by atoms with Crippen molar-refractivity contribution in [1.82, 2.24) is 15.3 Å². The van der Waals surface area contributed by atoms with Crippen molar-refractivity contribution < 1.29 is 4.79 Å². The van der Waals surface area contributed by atoms with Gasteiger partial charge in [0.05, 0.1) is 17.8 Å². The van der Waals surface area contributed by atoms with Gasteiger partial charge in [0.2, 0.25) is 11.9 Å². The highest BCUT2D eigenvalue weighted by atomic mass is 32.1. The lowest BCUT2D eigenvalue weighted by molar-refractivity contribution is -0.125. The topological polar surface area (TPSA) is 58.1 Å². The average molecular weight is 407 g/mol. The maximum atomic E-state index is 12.5. The molecule has 1 N–H and O–H groups in total. The lowest BCUT2D eigenvalue weighted by atomic mass is 9.96. The molecule has 1 aliphatic carbocycles. The molecule has 2 aliphatic rings. The van der Waals surface area contributed by atoms with Crippen molar-refractivity contribution in [1.29, 1.82) is 0 Å². The Balaban J connectivity index is 1.26. The predicted molar refractivity (Wildman–Crippen MR) is 117 cm³/mol. The molecule has 0 bridgehead atoms. The zero-order valence-corrected chi connectivity index (χ0v) is 17.6. The monoisotopic (exact) mass is 406 g/mol. The summed E-state index contributed by atoms with van der Waals surface area (Å²) < 4.78 is 0. The third-order valence-corrected chi connectivity index (χ3v) is 7.13. The molecule has 5 rings (SSSR count). The standard InChI is InChI=1S/C23H26N4OS/c1-15-20-12-17-4-2-5-18(17)13-21(20)26-23(25-15)27-9-7-16(8-10-27)22(28)24-14-19-6-3-11-29-19/h3,6,11-13,16H,2,4-5,7-10,14H2,1H3,(H,24,28). The number of benzene rings is 1. The predicted octanol–water partition coefficient (Wildman–Crippen LogP) is 4.02. The fraction of sp³-hybridized carbons (Fsp3) is 0.435. The first kappa shape index (κ1) is 18.6. The number of fused-ring (bicyclic) bond motifs is 2. The molecule has 29 heavy (non-hydrogen) atoms. The van der Waals surface area contributed by atoms with Crippen LogP contribution in [0.15, 0.2) is 29.6 Å². The van der Waals surface area contributed by atoms with Gasteiger partial charge in [0, 0.05) is 29.3 Å². The van der Waals surface area contributed by atoms with Gasteiger partial charge in [-0.25, -0.2) is 9.97 Å². The minimum Gasteiger partial charge on any atom is -0.351 e. The molecule has 1 aromatic carbocycles. The van der Waals surface area contributed by atoms with Gasteiger partial charge in [-0.15, -0.1) is 11.3 Å². The number of carbonyl (C=O) groups excluding carboxylic acids is 1. The molecule has 0 spiro atoms. The SMILES string of the molecule is Cc1nc(N2CCC(C(=O)NCc3cccs3)CC2)nc2cc3c(cc12)CCC3. The second-order valence-corrected chi connectivity index (χ2v) is 9.19. The van der Waals surface area contributed by atoms with Crippen LogP contribution in [-0.4, -0.2) is 29.0 Å². The summed E-state index contributed by atoms with van der Waals surface area (Å²) in [6, 6.07) is 8.63. The number of thiophene rings is 1. The van der Waals surface area contributed by atoms with Crippen LogP contribution in [0.25, 0.3) is 10.9 Å². The molecule has 1 aliphatic heterocycles. The number of anilines is 1. The highest BCUT2D eigenvalue weighted by molar-refractivity contribution is 7.09. The van der Waals surface area contributed by atoms with Gasteiger partial charge in [0.15, 0.2) is 0 Å². The van der Waals surface area contributed by atoms with Gasteiger partial charge in [-0.05, 0) is 73.7 Å². The minimum atomic E-state index is 0.0797. The van der Waals surface area contributed by atoms with E-state index in [-0.39, 0.29) is 11.8 Å². The van der Waals surface area contributed by atoms with Crippen molar-refractivity contribution in [3.05, 3.63) is 51.3 Å².